The zero-order valence-corrected chi connectivity index (χ0v) is 9.61. The Morgan fingerprint density at radius 2 is 1.80 bits per heavy atom. The Bertz CT molecular complexity index is 206. The average Bonchev–Trinajstić information content (AvgIpc) is 3.00. The van der Waals surface area contributed by atoms with E-state index < -0.39 is 5.60 Å². The van der Waals surface area contributed by atoms with E-state index in [1.54, 1.807) is 0 Å². The van der Waals surface area contributed by atoms with Gasteiger partial charge in [0.2, 0.25) is 0 Å². The zero-order chi connectivity index (χ0) is 10.9. The molecular weight excluding hydrogens is 190 g/mol. The van der Waals surface area contributed by atoms with Crippen molar-refractivity contribution < 1.29 is 9.84 Å². The van der Waals surface area contributed by atoms with E-state index in [0.29, 0.717) is 24.7 Å². The van der Waals surface area contributed by atoms with Crippen LogP contribution < -0.4 is 5.73 Å². The van der Waals surface area contributed by atoms with Crippen molar-refractivity contribution in [2.45, 2.75) is 63.2 Å². The highest BCUT2D eigenvalue weighted by Gasteiger charge is 2.40. The van der Waals surface area contributed by atoms with Crippen LogP contribution >= 0.6 is 0 Å². The van der Waals surface area contributed by atoms with Gasteiger partial charge < -0.3 is 15.6 Å². The van der Waals surface area contributed by atoms with Crippen molar-refractivity contribution >= 4 is 0 Å². The summed E-state index contributed by atoms with van der Waals surface area (Å²) in [4.78, 5) is 0. The molecule has 0 amide bonds. The Kier molecular flexibility index (Phi) is 3.33. The number of ether oxygens (including phenoxy) is 1. The van der Waals surface area contributed by atoms with Crippen LogP contribution in [-0.4, -0.2) is 29.5 Å². The first kappa shape index (κ1) is 11.4. The molecule has 2 saturated carbocycles. The van der Waals surface area contributed by atoms with Crippen LogP contribution in [0, 0.1) is 5.92 Å². The van der Waals surface area contributed by atoms with Crippen LogP contribution in [0.5, 0.6) is 0 Å². The zero-order valence-electron chi connectivity index (χ0n) is 9.61. The van der Waals surface area contributed by atoms with Crippen molar-refractivity contribution in [3.8, 4) is 0 Å². The van der Waals surface area contributed by atoms with Gasteiger partial charge in [-0.05, 0) is 51.4 Å². The lowest BCUT2D eigenvalue weighted by molar-refractivity contribution is -0.0830. The van der Waals surface area contributed by atoms with Gasteiger partial charge in [0.1, 0.15) is 0 Å². The quantitative estimate of drug-likeness (QED) is 0.743. The fraction of sp³-hybridized carbons (Fsp3) is 1.00. The smallest absolute Gasteiger partial charge is 0.0880 e. The van der Waals surface area contributed by atoms with Gasteiger partial charge in [-0.2, -0.15) is 0 Å². The molecule has 0 radical (unpaired) electrons. The predicted octanol–water partition coefficient (Wildman–Crippen LogP) is 1.43. The highest BCUT2D eigenvalue weighted by atomic mass is 16.5. The van der Waals surface area contributed by atoms with Gasteiger partial charge in [0, 0.05) is 6.04 Å². The van der Waals surface area contributed by atoms with E-state index in [1.807, 2.05) is 6.92 Å². The molecule has 0 aromatic rings. The molecule has 0 bridgehead atoms. The summed E-state index contributed by atoms with van der Waals surface area (Å²) >= 11 is 0. The summed E-state index contributed by atoms with van der Waals surface area (Å²) in [6, 6.07) is 0.369. The highest BCUT2D eigenvalue weighted by molar-refractivity contribution is 4.91. The van der Waals surface area contributed by atoms with Gasteiger partial charge in [-0.15, -0.1) is 0 Å². The Morgan fingerprint density at radius 3 is 2.33 bits per heavy atom. The normalized spacial score (nSPS) is 36.2. The van der Waals surface area contributed by atoms with Gasteiger partial charge in [0.05, 0.1) is 18.3 Å². The lowest BCUT2D eigenvalue weighted by Gasteiger charge is -2.30. The van der Waals surface area contributed by atoms with Crippen LogP contribution in [0.2, 0.25) is 0 Å². The first-order valence-electron chi connectivity index (χ1n) is 6.17. The maximum absolute atomic E-state index is 10.1. The largest absolute Gasteiger partial charge is 0.387 e. The molecule has 3 heteroatoms. The number of aliphatic hydroxyl groups is 1. The molecule has 0 aromatic carbocycles. The summed E-state index contributed by atoms with van der Waals surface area (Å²) in [5.74, 6) is 0.475. The second-order valence-corrected chi connectivity index (χ2v) is 5.48. The van der Waals surface area contributed by atoms with Crippen LogP contribution in [0.15, 0.2) is 0 Å². The van der Waals surface area contributed by atoms with Gasteiger partial charge in [-0.25, -0.2) is 0 Å². The summed E-state index contributed by atoms with van der Waals surface area (Å²) in [5, 5.41) is 10.1. The number of nitrogens with two attached hydrogens (primary N) is 1. The Balaban J connectivity index is 1.69. The monoisotopic (exact) mass is 213 g/mol. The maximum Gasteiger partial charge on any atom is 0.0880 e. The summed E-state index contributed by atoms with van der Waals surface area (Å²) in [7, 11) is 0. The minimum atomic E-state index is -0.598. The molecule has 2 fully saturated rings. The van der Waals surface area contributed by atoms with Crippen molar-refractivity contribution in [3.05, 3.63) is 0 Å². The predicted molar refractivity (Wildman–Crippen MR) is 59.5 cm³/mol. The van der Waals surface area contributed by atoms with E-state index in [1.165, 1.54) is 0 Å². The fourth-order valence-corrected chi connectivity index (χ4v) is 2.36. The molecule has 3 N–H and O–H groups in total. The van der Waals surface area contributed by atoms with Crippen molar-refractivity contribution in [2.75, 3.05) is 6.61 Å². The standard InChI is InChI=1S/C12H23NO2/c1-12(14,9-2-3-9)8-15-11-6-4-10(13)5-7-11/h9-11,14H,2-8,13H2,1H3. The van der Waals surface area contributed by atoms with E-state index >= 15 is 0 Å². The van der Waals surface area contributed by atoms with Crippen LogP contribution in [0.3, 0.4) is 0 Å². The second-order valence-electron chi connectivity index (χ2n) is 5.48. The highest BCUT2D eigenvalue weighted by Crippen LogP contribution is 2.39. The van der Waals surface area contributed by atoms with Crippen LogP contribution in [-0.2, 0) is 4.74 Å². The third-order valence-corrected chi connectivity index (χ3v) is 3.79. The summed E-state index contributed by atoms with van der Waals surface area (Å²) in [6.45, 7) is 2.40. The van der Waals surface area contributed by atoms with Gasteiger partial charge in [-0.3, -0.25) is 0 Å². The molecule has 1 atom stereocenters. The third-order valence-electron chi connectivity index (χ3n) is 3.79. The Hall–Kier alpha value is -0.120. The molecule has 1 unspecified atom stereocenters. The lowest BCUT2D eigenvalue weighted by atomic mass is 9.93. The van der Waals surface area contributed by atoms with Gasteiger partial charge >= 0.3 is 0 Å². The molecule has 3 nitrogen and oxygen atoms in total. The molecule has 0 aromatic heterocycles. The Morgan fingerprint density at radius 1 is 1.20 bits per heavy atom. The fourth-order valence-electron chi connectivity index (χ4n) is 2.36. The SMILES string of the molecule is CC(O)(COC1CCC(N)CC1)C1CC1. The van der Waals surface area contributed by atoms with Gasteiger partial charge in [-0.1, -0.05) is 0 Å². The van der Waals surface area contributed by atoms with Crippen LogP contribution in [0.4, 0.5) is 0 Å². The minimum Gasteiger partial charge on any atom is -0.387 e. The molecular formula is C12H23NO2. The van der Waals surface area contributed by atoms with Crippen molar-refractivity contribution in [3.63, 3.8) is 0 Å². The molecule has 2 rings (SSSR count). The first-order valence-corrected chi connectivity index (χ1v) is 6.17. The van der Waals surface area contributed by atoms with E-state index in [0.717, 1.165) is 38.5 Å². The topological polar surface area (TPSA) is 55.5 Å². The van der Waals surface area contributed by atoms with E-state index in [-0.39, 0.29) is 0 Å². The van der Waals surface area contributed by atoms with E-state index in [9.17, 15) is 5.11 Å². The molecule has 0 saturated heterocycles. The van der Waals surface area contributed by atoms with E-state index in [4.69, 9.17) is 10.5 Å². The maximum atomic E-state index is 10.1. The van der Waals surface area contributed by atoms with Crippen molar-refractivity contribution in [1.82, 2.24) is 0 Å². The molecule has 88 valence electrons. The van der Waals surface area contributed by atoms with Crippen molar-refractivity contribution in [1.29, 1.82) is 0 Å². The van der Waals surface area contributed by atoms with E-state index in [2.05, 4.69) is 0 Å². The van der Waals surface area contributed by atoms with Gasteiger partial charge in [0.25, 0.3) is 0 Å². The molecule has 0 heterocycles. The van der Waals surface area contributed by atoms with Crippen LogP contribution in [0.25, 0.3) is 0 Å². The molecule has 2 aliphatic rings. The summed E-state index contributed by atoms with van der Waals surface area (Å²) in [5.41, 5.74) is 5.23. The van der Waals surface area contributed by atoms with Crippen molar-refractivity contribution in [2.24, 2.45) is 11.7 Å². The minimum absolute atomic E-state index is 0.329. The summed E-state index contributed by atoms with van der Waals surface area (Å²) < 4.78 is 5.79. The van der Waals surface area contributed by atoms with Gasteiger partial charge in [0.15, 0.2) is 0 Å². The van der Waals surface area contributed by atoms with Crippen LogP contribution in [0.1, 0.15) is 45.4 Å². The average molecular weight is 213 g/mol. The lowest BCUT2D eigenvalue weighted by Crippen LogP contribution is -2.37. The third kappa shape index (κ3) is 3.16. The molecule has 15 heavy (non-hydrogen) atoms. The first-order chi connectivity index (χ1) is 7.08. The number of hydrogen-bond donors (Lipinski definition) is 2. The Labute approximate surface area is 92.0 Å². The molecule has 2 aliphatic carbocycles. The number of hydrogen-bond acceptors (Lipinski definition) is 3. The summed E-state index contributed by atoms with van der Waals surface area (Å²) in [6.07, 6.45) is 6.89. The number of rotatable bonds is 4. The molecule has 0 aliphatic heterocycles. The molecule has 0 spiro atoms. The second kappa shape index (κ2) is 4.40.